The smallest absolute Gasteiger partial charge is 0.310 e. The van der Waals surface area contributed by atoms with Gasteiger partial charge in [-0.15, -0.1) is 0 Å². The van der Waals surface area contributed by atoms with Gasteiger partial charge in [-0.3, -0.25) is 9.59 Å². The second-order valence-corrected chi connectivity index (χ2v) is 5.79. The molecule has 0 aromatic heterocycles. The lowest BCUT2D eigenvalue weighted by atomic mass is 9.76. The molecule has 5 nitrogen and oxygen atoms in total. The summed E-state index contributed by atoms with van der Waals surface area (Å²) < 4.78 is 5.38. The van der Waals surface area contributed by atoms with E-state index in [-0.39, 0.29) is 24.3 Å². The van der Waals surface area contributed by atoms with Crippen molar-refractivity contribution < 1.29 is 19.4 Å². The standard InChI is InChI=1S/C14H27NO4/c1-10(2)14(5,13(17)18)9-12(16)15(6)7-8-19-11(3)4/h10-11H,7-9H2,1-6H3,(H,17,18). The van der Waals surface area contributed by atoms with Gasteiger partial charge >= 0.3 is 5.97 Å². The summed E-state index contributed by atoms with van der Waals surface area (Å²) in [5.74, 6) is -1.19. The van der Waals surface area contributed by atoms with Gasteiger partial charge in [0.05, 0.1) is 18.1 Å². The summed E-state index contributed by atoms with van der Waals surface area (Å²) in [5, 5.41) is 9.29. The molecule has 0 aromatic rings. The molecule has 1 amide bonds. The molecule has 0 saturated heterocycles. The third-order valence-corrected chi connectivity index (χ3v) is 3.58. The molecule has 0 heterocycles. The SMILES string of the molecule is CC(C)OCCN(C)C(=O)CC(C)(C(=O)O)C(C)C. The first-order valence-corrected chi connectivity index (χ1v) is 6.70. The second kappa shape index (κ2) is 7.48. The number of carbonyl (C=O) groups excluding carboxylic acids is 1. The first-order valence-electron chi connectivity index (χ1n) is 6.70. The molecule has 0 fully saturated rings. The zero-order valence-corrected chi connectivity index (χ0v) is 12.9. The van der Waals surface area contributed by atoms with Gasteiger partial charge in [0.25, 0.3) is 0 Å². The third kappa shape index (κ3) is 5.59. The maximum Gasteiger partial charge on any atom is 0.310 e. The fourth-order valence-electron chi connectivity index (χ4n) is 1.53. The number of hydrogen-bond acceptors (Lipinski definition) is 3. The van der Waals surface area contributed by atoms with Crippen molar-refractivity contribution in [1.29, 1.82) is 0 Å². The summed E-state index contributed by atoms with van der Waals surface area (Å²) in [6, 6.07) is 0. The van der Waals surface area contributed by atoms with Gasteiger partial charge in [0.1, 0.15) is 0 Å². The Morgan fingerprint density at radius 3 is 2.16 bits per heavy atom. The van der Waals surface area contributed by atoms with E-state index in [1.807, 2.05) is 27.7 Å². The van der Waals surface area contributed by atoms with Crippen LogP contribution in [0.3, 0.4) is 0 Å². The van der Waals surface area contributed by atoms with Crippen LogP contribution in [0.25, 0.3) is 0 Å². The minimum atomic E-state index is -1.02. The molecule has 1 unspecified atom stereocenters. The minimum Gasteiger partial charge on any atom is -0.481 e. The number of likely N-dealkylation sites (N-methyl/N-ethyl adjacent to an activating group) is 1. The van der Waals surface area contributed by atoms with E-state index in [4.69, 9.17) is 4.74 Å². The highest BCUT2D eigenvalue weighted by atomic mass is 16.5. The first kappa shape index (κ1) is 17.9. The highest BCUT2D eigenvalue weighted by molar-refractivity contribution is 5.84. The van der Waals surface area contributed by atoms with Crippen LogP contribution in [-0.2, 0) is 14.3 Å². The summed E-state index contributed by atoms with van der Waals surface area (Å²) in [6.45, 7) is 10.1. The Morgan fingerprint density at radius 1 is 1.26 bits per heavy atom. The van der Waals surface area contributed by atoms with Crippen molar-refractivity contribution >= 4 is 11.9 Å². The van der Waals surface area contributed by atoms with Crippen LogP contribution in [0.5, 0.6) is 0 Å². The quantitative estimate of drug-likeness (QED) is 0.734. The Labute approximate surface area is 115 Å². The van der Waals surface area contributed by atoms with Crippen LogP contribution in [0.15, 0.2) is 0 Å². The maximum absolute atomic E-state index is 12.1. The molecule has 0 rings (SSSR count). The average Bonchev–Trinajstić information content (AvgIpc) is 2.27. The van der Waals surface area contributed by atoms with Crippen LogP contribution < -0.4 is 0 Å². The molecule has 112 valence electrons. The van der Waals surface area contributed by atoms with E-state index in [2.05, 4.69) is 0 Å². The summed E-state index contributed by atoms with van der Waals surface area (Å²) in [4.78, 5) is 24.9. The molecule has 19 heavy (non-hydrogen) atoms. The van der Waals surface area contributed by atoms with Crippen LogP contribution in [0.1, 0.15) is 41.0 Å². The topological polar surface area (TPSA) is 66.8 Å². The summed E-state index contributed by atoms with van der Waals surface area (Å²) >= 11 is 0. The van der Waals surface area contributed by atoms with Crippen molar-refractivity contribution in [3.05, 3.63) is 0 Å². The van der Waals surface area contributed by atoms with E-state index in [1.165, 1.54) is 4.90 Å². The molecule has 5 heteroatoms. The number of carboxylic acid groups (broad SMARTS) is 1. The average molecular weight is 273 g/mol. The number of aliphatic carboxylic acids is 1. The Morgan fingerprint density at radius 2 is 1.79 bits per heavy atom. The molecular formula is C14H27NO4. The van der Waals surface area contributed by atoms with Crippen molar-refractivity contribution in [3.8, 4) is 0 Å². The van der Waals surface area contributed by atoms with Gasteiger partial charge in [-0.2, -0.15) is 0 Å². The highest BCUT2D eigenvalue weighted by Crippen LogP contribution is 2.31. The summed E-state index contributed by atoms with van der Waals surface area (Å²) in [7, 11) is 1.68. The lowest BCUT2D eigenvalue weighted by Gasteiger charge is -2.30. The summed E-state index contributed by atoms with van der Waals surface area (Å²) in [5.41, 5.74) is -1.02. The van der Waals surface area contributed by atoms with Gasteiger partial charge in [0.15, 0.2) is 0 Å². The van der Waals surface area contributed by atoms with Crippen LogP contribution in [0.4, 0.5) is 0 Å². The predicted octanol–water partition coefficient (Wildman–Crippen LogP) is 2.01. The number of rotatable bonds is 8. The number of nitrogens with zero attached hydrogens (tertiary/aromatic N) is 1. The van der Waals surface area contributed by atoms with E-state index in [0.29, 0.717) is 13.2 Å². The van der Waals surface area contributed by atoms with Crippen LogP contribution in [0, 0.1) is 11.3 Å². The molecule has 0 aromatic carbocycles. The van der Waals surface area contributed by atoms with E-state index in [9.17, 15) is 14.7 Å². The Balaban J connectivity index is 4.45. The molecule has 0 bridgehead atoms. The molecule has 0 radical (unpaired) electrons. The fourth-order valence-corrected chi connectivity index (χ4v) is 1.53. The third-order valence-electron chi connectivity index (χ3n) is 3.58. The highest BCUT2D eigenvalue weighted by Gasteiger charge is 2.39. The number of amides is 1. The Hall–Kier alpha value is -1.10. The van der Waals surface area contributed by atoms with Crippen LogP contribution in [0.2, 0.25) is 0 Å². The van der Waals surface area contributed by atoms with Crippen LogP contribution >= 0.6 is 0 Å². The van der Waals surface area contributed by atoms with E-state index in [0.717, 1.165) is 0 Å². The second-order valence-electron chi connectivity index (χ2n) is 5.79. The molecule has 0 aliphatic rings. The van der Waals surface area contributed by atoms with Crippen molar-refractivity contribution in [2.45, 2.75) is 47.1 Å². The molecule has 0 saturated carbocycles. The molecule has 1 N–H and O–H groups in total. The van der Waals surface area contributed by atoms with Crippen LogP contribution in [-0.4, -0.2) is 48.2 Å². The van der Waals surface area contributed by atoms with Gasteiger partial charge in [-0.05, 0) is 26.7 Å². The molecular weight excluding hydrogens is 246 g/mol. The Kier molecular flexibility index (Phi) is 7.05. The molecule has 0 spiro atoms. The Bertz CT molecular complexity index is 315. The summed E-state index contributed by atoms with van der Waals surface area (Å²) in [6.07, 6.45) is 0.140. The zero-order valence-electron chi connectivity index (χ0n) is 12.9. The van der Waals surface area contributed by atoms with Gasteiger partial charge in [0.2, 0.25) is 5.91 Å². The number of carboxylic acids is 1. The minimum absolute atomic E-state index is 0.0121. The fraction of sp³-hybridized carbons (Fsp3) is 0.857. The van der Waals surface area contributed by atoms with E-state index in [1.54, 1.807) is 14.0 Å². The largest absolute Gasteiger partial charge is 0.481 e. The van der Waals surface area contributed by atoms with Gasteiger partial charge < -0.3 is 14.7 Å². The van der Waals surface area contributed by atoms with Crippen molar-refractivity contribution in [2.24, 2.45) is 11.3 Å². The van der Waals surface area contributed by atoms with Crippen molar-refractivity contribution in [1.82, 2.24) is 4.90 Å². The normalized spacial score (nSPS) is 14.5. The van der Waals surface area contributed by atoms with Gasteiger partial charge in [-0.1, -0.05) is 13.8 Å². The lowest BCUT2D eigenvalue weighted by molar-refractivity contribution is -0.155. The lowest BCUT2D eigenvalue weighted by Crippen LogP contribution is -2.40. The number of ether oxygens (including phenoxy) is 1. The monoisotopic (exact) mass is 273 g/mol. The van der Waals surface area contributed by atoms with E-state index >= 15 is 0 Å². The van der Waals surface area contributed by atoms with Gasteiger partial charge in [-0.25, -0.2) is 0 Å². The first-order chi connectivity index (χ1) is 8.61. The number of carbonyl (C=O) groups is 2. The predicted molar refractivity (Wildman–Crippen MR) is 73.9 cm³/mol. The van der Waals surface area contributed by atoms with E-state index < -0.39 is 11.4 Å². The molecule has 0 aliphatic heterocycles. The van der Waals surface area contributed by atoms with Gasteiger partial charge in [0, 0.05) is 20.0 Å². The molecule has 0 aliphatic carbocycles. The number of hydrogen-bond donors (Lipinski definition) is 1. The zero-order chi connectivity index (χ0) is 15.2. The van der Waals surface area contributed by atoms with Crippen molar-refractivity contribution in [3.63, 3.8) is 0 Å². The van der Waals surface area contributed by atoms with Crippen molar-refractivity contribution in [2.75, 3.05) is 20.2 Å². The molecule has 1 atom stereocenters. The maximum atomic E-state index is 12.1.